The second kappa shape index (κ2) is 6.55. The minimum absolute atomic E-state index is 0.00865. The summed E-state index contributed by atoms with van der Waals surface area (Å²) in [5.41, 5.74) is -0.484. The number of nitrogens with zero attached hydrogens (tertiary/aromatic N) is 3. The van der Waals surface area contributed by atoms with Crippen LogP contribution >= 0.6 is 0 Å². The van der Waals surface area contributed by atoms with Gasteiger partial charge in [-0.15, -0.1) is 0 Å². The monoisotopic (exact) mass is 319 g/mol. The van der Waals surface area contributed by atoms with E-state index in [1.165, 1.54) is 0 Å². The lowest BCUT2D eigenvalue weighted by atomic mass is 9.88. The molecule has 126 valence electrons. The maximum Gasteiger partial charge on any atom is 0.272 e. The number of hydrogen-bond donors (Lipinski definition) is 2. The molecule has 0 spiro atoms. The number of carbonyl (C=O) groups excluding carboxylic acids is 1. The summed E-state index contributed by atoms with van der Waals surface area (Å²) in [7, 11) is 0. The number of pyridine rings is 1. The molecule has 0 saturated carbocycles. The molecule has 6 heteroatoms. The Hall–Kier alpha value is -1.50. The van der Waals surface area contributed by atoms with Crippen molar-refractivity contribution >= 4 is 5.91 Å². The van der Waals surface area contributed by atoms with Crippen LogP contribution in [0.1, 0.15) is 36.7 Å². The lowest BCUT2D eigenvalue weighted by Crippen LogP contribution is -2.58. The third-order valence-corrected chi connectivity index (χ3v) is 5.18. The number of aromatic nitrogens is 1. The third kappa shape index (κ3) is 3.54. The smallest absolute Gasteiger partial charge is 0.272 e. The van der Waals surface area contributed by atoms with Gasteiger partial charge in [-0.25, -0.2) is 0 Å². The van der Waals surface area contributed by atoms with Crippen LogP contribution in [0.15, 0.2) is 24.4 Å². The van der Waals surface area contributed by atoms with Gasteiger partial charge in [-0.2, -0.15) is 0 Å². The molecule has 2 fully saturated rings. The van der Waals surface area contributed by atoms with E-state index in [-0.39, 0.29) is 5.91 Å². The molecule has 2 aliphatic rings. The van der Waals surface area contributed by atoms with E-state index < -0.39 is 11.7 Å². The molecular formula is C17H25N3O3. The number of rotatable bonds is 2. The fourth-order valence-electron chi connectivity index (χ4n) is 3.46. The van der Waals surface area contributed by atoms with Crippen LogP contribution in [0.3, 0.4) is 0 Å². The summed E-state index contributed by atoms with van der Waals surface area (Å²) in [4.78, 5) is 20.6. The zero-order valence-corrected chi connectivity index (χ0v) is 13.6. The molecule has 3 rings (SSSR count). The SMILES string of the molecule is C[C@@]1(O)CCN(C2CCN(C(=O)c3ccccn3)CC2)C[C@H]1O. The van der Waals surface area contributed by atoms with Gasteiger partial charge in [0.15, 0.2) is 0 Å². The van der Waals surface area contributed by atoms with Crippen molar-refractivity contribution in [1.29, 1.82) is 0 Å². The van der Waals surface area contributed by atoms with Crippen LogP contribution in [-0.2, 0) is 0 Å². The lowest BCUT2D eigenvalue weighted by molar-refractivity contribution is -0.116. The second-order valence-corrected chi connectivity index (χ2v) is 6.86. The van der Waals surface area contributed by atoms with Crippen molar-refractivity contribution in [2.45, 2.75) is 43.9 Å². The number of aliphatic hydroxyl groups excluding tert-OH is 1. The van der Waals surface area contributed by atoms with Gasteiger partial charge in [-0.05, 0) is 38.3 Å². The topological polar surface area (TPSA) is 76.9 Å². The number of aliphatic hydroxyl groups is 2. The van der Waals surface area contributed by atoms with E-state index in [0.717, 1.165) is 19.4 Å². The average Bonchev–Trinajstić information content (AvgIpc) is 2.58. The summed E-state index contributed by atoms with van der Waals surface area (Å²) in [5.74, 6) is -0.00865. The summed E-state index contributed by atoms with van der Waals surface area (Å²) < 4.78 is 0. The van der Waals surface area contributed by atoms with E-state index in [1.54, 1.807) is 25.3 Å². The van der Waals surface area contributed by atoms with Gasteiger partial charge in [0, 0.05) is 38.4 Å². The first-order valence-electron chi connectivity index (χ1n) is 8.32. The molecule has 3 heterocycles. The maximum atomic E-state index is 12.4. The van der Waals surface area contributed by atoms with Gasteiger partial charge in [0.25, 0.3) is 5.91 Å². The first-order chi connectivity index (χ1) is 11.0. The highest BCUT2D eigenvalue weighted by atomic mass is 16.3. The van der Waals surface area contributed by atoms with E-state index in [4.69, 9.17) is 0 Å². The third-order valence-electron chi connectivity index (χ3n) is 5.18. The van der Waals surface area contributed by atoms with Crippen molar-refractivity contribution in [3.63, 3.8) is 0 Å². The van der Waals surface area contributed by atoms with Gasteiger partial charge >= 0.3 is 0 Å². The Morgan fingerprint density at radius 1 is 1.30 bits per heavy atom. The molecule has 0 unspecified atom stereocenters. The summed E-state index contributed by atoms with van der Waals surface area (Å²) >= 11 is 0. The number of piperidine rings is 2. The molecule has 2 saturated heterocycles. The molecular weight excluding hydrogens is 294 g/mol. The van der Waals surface area contributed by atoms with Crippen molar-refractivity contribution < 1.29 is 15.0 Å². The van der Waals surface area contributed by atoms with E-state index in [1.807, 2.05) is 11.0 Å². The van der Waals surface area contributed by atoms with Crippen LogP contribution in [0.4, 0.5) is 0 Å². The number of amides is 1. The lowest BCUT2D eigenvalue weighted by Gasteiger charge is -2.45. The first-order valence-corrected chi connectivity index (χ1v) is 8.32. The molecule has 0 radical (unpaired) electrons. The number of β-amino-alcohol motifs (C(OH)–C–C–N with tert-alkyl or cyclic N) is 1. The predicted molar refractivity (Wildman–Crippen MR) is 86.0 cm³/mol. The average molecular weight is 319 g/mol. The van der Waals surface area contributed by atoms with Crippen molar-refractivity contribution in [1.82, 2.24) is 14.8 Å². The fourth-order valence-corrected chi connectivity index (χ4v) is 3.46. The summed E-state index contributed by atoms with van der Waals surface area (Å²) in [6, 6.07) is 5.75. The second-order valence-electron chi connectivity index (χ2n) is 6.86. The van der Waals surface area contributed by atoms with Crippen LogP contribution in [0.2, 0.25) is 0 Å². The van der Waals surface area contributed by atoms with E-state index in [9.17, 15) is 15.0 Å². The van der Waals surface area contributed by atoms with E-state index >= 15 is 0 Å². The molecule has 2 atom stereocenters. The van der Waals surface area contributed by atoms with Crippen LogP contribution in [0.5, 0.6) is 0 Å². The molecule has 1 aromatic heterocycles. The molecule has 0 bridgehead atoms. The van der Waals surface area contributed by atoms with Gasteiger partial charge in [-0.1, -0.05) is 6.07 Å². The standard InChI is InChI=1S/C17H25N3O3/c1-17(23)7-11-20(12-15(17)21)13-5-9-19(10-6-13)16(22)14-4-2-3-8-18-14/h2-4,8,13,15,21,23H,5-7,9-12H2,1H3/t15-,17-/m1/s1. The summed E-state index contributed by atoms with van der Waals surface area (Å²) in [6.45, 7) is 4.42. The maximum absolute atomic E-state index is 12.4. The molecule has 23 heavy (non-hydrogen) atoms. The molecule has 0 aliphatic carbocycles. The largest absolute Gasteiger partial charge is 0.389 e. The van der Waals surface area contributed by atoms with Gasteiger partial charge < -0.3 is 15.1 Å². The molecule has 2 aliphatic heterocycles. The highest BCUT2D eigenvalue weighted by Crippen LogP contribution is 2.26. The Balaban J connectivity index is 1.54. The molecule has 0 aromatic carbocycles. The van der Waals surface area contributed by atoms with Crippen molar-refractivity contribution in [3.8, 4) is 0 Å². The van der Waals surface area contributed by atoms with Crippen molar-refractivity contribution in [2.24, 2.45) is 0 Å². The summed E-state index contributed by atoms with van der Waals surface area (Å²) in [6.07, 6.45) is 3.31. The fraction of sp³-hybridized carbons (Fsp3) is 0.647. The van der Waals surface area contributed by atoms with E-state index in [0.29, 0.717) is 37.8 Å². The van der Waals surface area contributed by atoms with Gasteiger partial charge in [-0.3, -0.25) is 14.7 Å². The number of carbonyl (C=O) groups is 1. The van der Waals surface area contributed by atoms with Crippen LogP contribution < -0.4 is 0 Å². The van der Waals surface area contributed by atoms with Crippen LogP contribution in [0.25, 0.3) is 0 Å². The molecule has 2 N–H and O–H groups in total. The highest BCUT2D eigenvalue weighted by Gasteiger charge is 2.39. The zero-order chi connectivity index (χ0) is 16.4. The van der Waals surface area contributed by atoms with Gasteiger partial charge in [0.05, 0.1) is 11.7 Å². The predicted octanol–water partition coefficient (Wildman–Crippen LogP) is 0.504. The molecule has 1 aromatic rings. The van der Waals surface area contributed by atoms with Crippen molar-refractivity contribution in [3.05, 3.63) is 30.1 Å². The van der Waals surface area contributed by atoms with Gasteiger partial charge in [0.2, 0.25) is 0 Å². The number of likely N-dealkylation sites (tertiary alicyclic amines) is 2. The minimum atomic E-state index is -0.980. The normalized spacial score (nSPS) is 30.4. The van der Waals surface area contributed by atoms with Crippen LogP contribution in [-0.4, -0.2) is 74.8 Å². The zero-order valence-electron chi connectivity index (χ0n) is 13.6. The molecule has 1 amide bonds. The van der Waals surface area contributed by atoms with Gasteiger partial charge in [0.1, 0.15) is 5.69 Å². The quantitative estimate of drug-likeness (QED) is 0.830. The first kappa shape index (κ1) is 16.4. The Morgan fingerprint density at radius 2 is 2.04 bits per heavy atom. The summed E-state index contributed by atoms with van der Waals surface area (Å²) in [5, 5.41) is 20.1. The Morgan fingerprint density at radius 3 is 2.65 bits per heavy atom. The van der Waals surface area contributed by atoms with Crippen LogP contribution in [0, 0.1) is 0 Å². The Labute approximate surface area is 136 Å². The van der Waals surface area contributed by atoms with E-state index in [2.05, 4.69) is 9.88 Å². The molecule has 6 nitrogen and oxygen atoms in total. The Kier molecular flexibility index (Phi) is 4.66. The minimum Gasteiger partial charge on any atom is -0.389 e. The highest BCUT2D eigenvalue weighted by molar-refractivity contribution is 5.92. The van der Waals surface area contributed by atoms with Crippen molar-refractivity contribution in [2.75, 3.05) is 26.2 Å². The Bertz CT molecular complexity index is 541. The number of hydrogen-bond acceptors (Lipinski definition) is 5.